The number of allylic oxidation sites excluding steroid dienone is 1. The van der Waals surface area contributed by atoms with Gasteiger partial charge >= 0.3 is 0 Å². The Bertz CT molecular complexity index is 700. The molecule has 101 valence electrons. The molecule has 0 saturated carbocycles. The fraction of sp³-hybridized carbons (Fsp3) is 0.111. The first-order valence-electron chi connectivity index (χ1n) is 6.56. The van der Waals surface area contributed by atoms with Gasteiger partial charge in [0.25, 0.3) is 0 Å². The molecule has 0 atom stereocenters. The minimum absolute atomic E-state index is 0. The third kappa shape index (κ3) is 3.45. The molecule has 0 saturated heterocycles. The van der Waals surface area contributed by atoms with Crippen LogP contribution in [0.1, 0.15) is 16.7 Å². The second-order valence-electron chi connectivity index (χ2n) is 4.84. The van der Waals surface area contributed by atoms with Gasteiger partial charge in [-0.15, -0.1) is 5.56 Å². The summed E-state index contributed by atoms with van der Waals surface area (Å²) in [4.78, 5) is 16.5. The van der Waals surface area contributed by atoms with E-state index in [4.69, 9.17) is 0 Å². The van der Waals surface area contributed by atoms with Gasteiger partial charge < -0.3 is 0 Å². The van der Waals surface area contributed by atoms with Crippen molar-refractivity contribution in [2.45, 2.75) is 6.92 Å². The minimum atomic E-state index is 0. The molecule has 1 heterocycles. The largest absolute Gasteiger partial charge is 0.292 e. The van der Waals surface area contributed by atoms with Crippen LogP contribution in [-0.4, -0.2) is 18.5 Å². The molecule has 0 amide bonds. The molecule has 0 N–H and O–H groups in total. The van der Waals surface area contributed by atoms with Crippen LogP contribution in [0.15, 0.2) is 53.5 Å². The van der Waals surface area contributed by atoms with Crippen LogP contribution in [-0.2, 0) is 37.5 Å². The number of hydrogen-bond donors (Lipinski definition) is 0. The normalized spacial score (nSPS) is 14.0. The van der Waals surface area contributed by atoms with Crippen molar-refractivity contribution < 1.29 is 37.5 Å². The van der Waals surface area contributed by atoms with Crippen LogP contribution in [0.25, 0.3) is 11.1 Å². The monoisotopic (exact) mass is 349 g/mol. The Hall–Kier alpha value is -1.38. The van der Waals surface area contributed by atoms with Crippen molar-refractivity contribution in [2.24, 2.45) is 4.99 Å². The van der Waals surface area contributed by atoms with Crippen molar-refractivity contribution in [3.63, 3.8) is 0 Å². The van der Waals surface area contributed by atoms with Crippen LogP contribution in [0.5, 0.6) is 0 Å². The second kappa shape index (κ2) is 7.06. The quantitative estimate of drug-likeness (QED) is 0.765. The van der Waals surface area contributed by atoms with E-state index in [1.165, 1.54) is 5.56 Å². The Balaban J connectivity index is 0.00000161. The Labute approximate surface area is 149 Å². The van der Waals surface area contributed by atoms with Gasteiger partial charge in [0.05, 0.1) is 0 Å². The van der Waals surface area contributed by atoms with Crippen LogP contribution < -0.4 is 0 Å². The van der Waals surface area contributed by atoms with Crippen molar-refractivity contribution in [3.05, 3.63) is 71.3 Å². The molecule has 0 unspecified atom stereocenters. The minimum Gasteiger partial charge on any atom is -0.292 e. The first kappa shape index (κ1) is 16.0. The van der Waals surface area contributed by atoms with E-state index in [2.05, 4.69) is 11.1 Å². The first-order valence-corrected chi connectivity index (χ1v) is 6.56. The number of nitrogens with zero attached hydrogens (tertiary/aromatic N) is 1. The van der Waals surface area contributed by atoms with Gasteiger partial charge in [0, 0.05) is 44.5 Å². The molecule has 0 aromatic heterocycles. The van der Waals surface area contributed by atoms with Gasteiger partial charge in [0.1, 0.15) is 6.54 Å². The van der Waals surface area contributed by atoms with E-state index < -0.39 is 0 Å². The summed E-state index contributed by atoms with van der Waals surface area (Å²) in [7, 11) is 0. The molecule has 0 bridgehead atoms. The zero-order chi connectivity index (χ0) is 13.9. The molecule has 0 aliphatic carbocycles. The second-order valence-corrected chi connectivity index (χ2v) is 4.84. The van der Waals surface area contributed by atoms with Gasteiger partial charge in [-0.2, -0.15) is 30.3 Å². The molecule has 1 aliphatic rings. The van der Waals surface area contributed by atoms with Gasteiger partial charge in [-0.1, -0.05) is 29.8 Å². The van der Waals surface area contributed by atoms with Crippen molar-refractivity contribution in [2.75, 3.05) is 6.54 Å². The smallest absolute Gasteiger partial charge is 0.185 e. The molecule has 2 aromatic carbocycles. The van der Waals surface area contributed by atoms with Crippen molar-refractivity contribution in [1.82, 2.24) is 0 Å². The maximum atomic E-state index is 12.3. The summed E-state index contributed by atoms with van der Waals surface area (Å²) in [5.41, 5.74) is 4.78. The van der Waals surface area contributed by atoms with Crippen LogP contribution in [0.4, 0.5) is 0 Å². The number of carbonyl (C=O) groups is 1. The first-order chi connectivity index (χ1) is 9.75. The maximum absolute atomic E-state index is 12.3. The number of Topliss-reactive ketones (excluding diaryl/α,β-unsaturated/α-hetero) is 1. The van der Waals surface area contributed by atoms with Crippen LogP contribution in [0.2, 0.25) is 0 Å². The molecular formula is C18H14NOY-. The number of aryl methyl sites for hydroxylation is 1. The fourth-order valence-electron chi connectivity index (χ4n) is 2.34. The predicted molar refractivity (Wildman–Crippen MR) is 81.6 cm³/mol. The molecular weight excluding hydrogens is 335 g/mol. The average molecular weight is 349 g/mol. The molecule has 0 fully saturated rings. The third-order valence-corrected chi connectivity index (χ3v) is 3.37. The summed E-state index contributed by atoms with van der Waals surface area (Å²) in [5, 5.41) is 0. The van der Waals surface area contributed by atoms with E-state index in [9.17, 15) is 4.79 Å². The van der Waals surface area contributed by atoms with Gasteiger partial charge in [0.15, 0.2) is 5.78 Å². The zero-order valence-corrected chi connectivity index (χ0v) is 14.7. The summed E-state index contributed by atoms with van der Waals surface area (Å²) in [6, 6.07) is 18.6. The van der Waals surface area contributed by atoms with Crippen molar-refractivity contribution in [1.29, 1.82) is 0 Å². The Morgan fingerprint density at radius 1 is 1.00 bits per heavy atom. The van der Waals surface area contributed by atoms with Crippen LogP contribution in [0.3, 0.4) is 0 Å². The average Bonchev–Trinajstić information content (AvgIpc) is 2.49. The van der Waals surface area contributed by atoms with Gasteiger partial charge in [-0.3, -0.25) is 9.79 Å². The van der Waals surface area contributed by atoms with E-state index in [-0.39, 0.29) is 45.0 Å². The third-order valence-electron chi connectivity index (χ3n) is 3.37. The Kier molecular flexibility index (Phi) is 5.38. The summed E-state index contributed by atoms with van der Waals surface area (Å²) in [5.74, 6) is 0.0687. The fourth-order valence-corrected chi connectivity index (χ4v) is 2.34. The number of carbonyl (C=O) groups excluding carboxylic acids is 1. The number of hydrogen-bond acceptors (Lipinski definition) is 2. The molecule has 1 radical (unpaired) electrons. The Morgan fingerprint density at radius 3 is 2.33 bits per heavy atom. The molecule has 2 nitrogen and oxygen atoms in total. The van der Waals surface area contributed by atoms with E-state index in [1.54, 1.807) is 6.21 Å². The van der Waals surface area contributed by atoms with E-state index in [0.717, 1.165) is 22.3 Å². The number of aliphatic imine (C=N–C) groups is 1. The molecule has 3 heteroatoms. The topological polar surface area (TPSA) is 29.4 Å². The van der Waals surface area contributed by atoms with Gasteiger partial charge in [-0.05, 0) is 18.1 Å². The molecule has 1 aliphatic heterocycles. The summed E-state index contributed by atoms with van der Waals surface area (Å²) < 4.78 is 0. The summed E-state index contributed by atoms with van der Waals surface area (Å²) in [6.45, 7) is 2.27. The van der Waals surface area contributed by atoms with Crippen molar-refractivity contribution >= 4 is 23.1 Å². The maximum Gasteiger partial charge on any atom is 0.185 e. The molecule has 21 heavy (non-hydrogen) atoms. The molecule has 2 aromatic rings. The standard InChI is InChI=1S/C18H14NO.Y/c1-13-7-9-15(10-8-13)18-16(11-19-12-17(18)20)14-5-3-2-4-6-14;/h3-11H,12H2,1H3;/q-1;. The van der Waals surface area contributed by atoms with Crippen LogP contribution >= 0.6 is 0 Å². The van der Waals surface area contributed by atoms with Crippen molar-refractivity contribution in [3.8, 4) is 0 Å². The van der Waals surface area contributed by atoms with Crippen LogP contribution in [0, 0.1) is 13.0 Å². The number of dihydropyridines is 1. The number of benzene rings is 2. The molecule has 3 rings (SSSR count). The van der Waals surface area contributed by atoms with Gasteiger partial charge in [0.2, 0.25) is 0 Å². The molecule has 0 spiro atoms. The zero-order valence-electron chi connectivity index (χ0n) is 11.8. The number of ketones is 1. The summed E-state index contributed by atoms with van der Waals surface area (Å²) >= 11 is 0. The Morgan fingerprint density at radius 2 is 1.67 bits per heavy atom. The summed E-state index contributed by atoms with van der Waals surface area (Å²) in [6.07, 6.45) is 1.80. The SMILES string of the molecule is Cc1ccc(C2=C(c3cc[c-]cc3)C=NCC2=O)cc1.[Y]. The van der Waals surface area contributed by atoms with E-state index in [0.29, 0.717) is 0 Å². The number of rotatable bonds is 2. The van der Waals surface area contributed by atoms with E-state index in [1.807, 2.05) is 55.5 Å². The predicted octanol–water partition coefficient (Wildman–Crippen LogP) is 3.36. The van der Waals surface area contributed by atoms with E-state index >= 15 is 0 Å². The van der Waals surface area contributed by atoms with Gasteiger partial charge in [-0.25, -0.2) is 0 Å².